The number of carbonyl (C=O) groups is 2. The van der Waals surface area contributed by atoms with E-state index >= 15 is 0 Å². The Morgan fingerprint density at radius 2 is 1.93 bits per heavy atom. The average Bonchev–Trinajstić information content (AvgIpc) is 2.98. The molecule has 0 spiro atoms. The highest BCUT2D eigenvalue weighted by Gasteiger charge is 2.20. The summed E-state index contributed by atoms with van der Waals surface area (Å²) in [5.41, 5.74) is 7.71. The molecule has 0 saturated carbocycles. The molecule has 0 atom stereocenters. The molecule has 0 saturated heterocycles. The highest BCUT2D eigenvalue weighted by molar-refractivity contribution is 9.11. The first-order valence-corrected chi connectivity index (χ1v) is 9.15. The predicted octanol–water partition coefficient (Wildman–Crippen LogP) is 4.11. The Bertz CT molecular complexity index is 1160. The third kappa shape index (κ3) is 3.29. The number of nitrogen functional groups attached to an aromatic ring is 1. The molecule has 0 aliphatic carbocycles. The number of carboxylic acid groups (broad SMARTS) is 1. The van der Waals surface area contributed by atoms with Crippen LogP contribution in [0, 0.1) is 11.3 Å². The van der Waals surface area contributed by atoms with Crippen LogP contribution in [-0.4, -0.2) is 21.6 Å². The van der Waals surface area contributed by atoms with E-state index in [4.69, 9.17) is 11.0 Å². The number of rotatable bonds is 3. The quantitative estimate of drug-likeness (QED) is 0.476. The van der Waals surface area contributed by atoms with Crippen molar-refractivity contribution >= 4 is 66.0 Å². The molecule has 1 aromatic heterocycles. The molecule has 3 aromatic rings. The predicted molar refractivity (Wildman–Crippen MR) is 109 cm³/mol. The number of nitrogens with zero attached hydrogens (tertiary/aromatic N) is 2. The molecule has 0 fully saturated rings. The lowest BCUT2D eigenvalue weighted by Gasteiger charge is -2.10. The van der Waals surface area contributed by atoms with Gasteiger partial charge in [0.15, 0.2) is 0 Å². The molecule has 7 nitrogen and oxygen atoms in total. The number of amides is 1. The zero-order valence-corrected chi connectivity index (χ0v) is 17.1. The average molecular weight is 492 g/mol. The summed E-state index contributed by atoms with van der Waals surface area (Å²) in [6, 6.07) is 9.38. The second-order valence-electron chi connectivity index (χ2n) is 5.74. The van der Waals surface area contributed by atoms with E-state index in [1.165, 1.54) is 18.2 Å². The number of aryl methyl sites for hydroxylation is 1. The number of nitriles is 1. The SMILES string of the molecule is Cn1c(C(=O)Nc2ccc(C#N)cc2C(=O)O)cc2c(Br)cc(Br)c(N)c21. The van der Waals surface area contributed by atoms with Crippen LogP contribution in [0.5, 0.6) is 0 Å². The molecule has 9 heteroatoms. The molecule has 0 bridgehead atoms. The third-order valence-corrected chi connectivity index (χ3v) is 5.43. The van der Waals surface area contributed by atoms with Crippen molar-refractivity contribution in [2.45, 2.75) is 0 Å². The Morgan fingerprint density at radius 3 is 2.56 bits per heavy atom. The molecule has 0 radical (unpaired) electrons. The van der Waals surface area contributed by atoms with Gasteiger partial charge in [0, 0.05) is 21.4 Å². The standard InChI is InChI=1S/C18H12Br2N4O3/c1-24-14(5-9-11(19)6-12(20)15(22)16(9)24)17(25)23-13-3-2-8(7-21)4-10(13)18(26)27/h2-6H,22H2,1H3,(H,23,25)(H,26,27). The summed E-state index contributed by atoms with van der Waals surface area (Å²) in [7, 11) is 1.70. The van der Waals surface area contributed by atoms with E-state index in [1.54, 1.807) is 23.7 Å². The van der Waals surface area contributed by atoms with Gasteiger partial charge in [-0.15, -0.1) is 0 Å². The fourth-order valence-electron chi connectivity index (χ4n) is 2.79. The van der Waals surface area contributed by atoms with Gasteiger partial charge in [-0.25, -0.2) is 4.79 Å². The number of halogens is 2. The van der Waals surface area contributed by atoms with Crippen LogP contribution >= 0.6 is 31.9 Å². The molecule has 0 aliphatic rings. The number of benzene rings is 2. The number of carbonyl (C=O) groups excluding carboxylic acids is 1. The lowest BCUT2D eigenvalue weighted by molar-refractivity contribution is 0.0698. The largest absolute Gasteiger partial charge is 0.478 e. The van der Waals surface area contributed by atoms with Crippen LogP contribution in [0.1, 0.15) is 26.4 Å². The summed E-state index contributed by atoms with van der Waals surface area (Å²) in [5, 5.41) is 21.6. The molecule has 0 unspecified atom stereocenters. The van der Waals surface area contributed by atoms with Gasteiger partial charge in [-0.2, -0.15) is 5.26 Å². The van der Waals surface area contributed by atoms with Gasteiger partial charge in [-0.3, -0.25) is 4.79 Å². The molecular weight excluding hydrogens is 480 g/mol. The first-order valence-electron chi connectivity index (χ1n) is 7.56. The van der Waals surface area contributed by atoms with Crippen LogP contribution in [0.3, 0.4) is 0 Å². The van der Waals surface area contributed by atoms with Crippen LogP contribution < -0.4 is 11.1 Å². The zero-order valence-electron chi connectivity index (χ0n) is 13.9. The smallest absolute Gasteiger partial charge is 0.337 e. The van der Waals surface area contributed by atoms with Crippen molar-refractivity contribution in [3.05, 3.63) is 56.1 Å². The van der Waals surface area contributed by atoms with Crippen LogP contribution in [0.2, 0.25) is 0 Å². The minimum atomic E-state index is -1.24. The van der Waals surface area contributed by atoms with E-state index in [9.17, 15) is 14.7 Å². The number of anilines is 2. The Morgan fingerprint density at radius 1 is 1.22 bits per heavy atom. The monoisotopic (exact) mass is 490 g/mol. The van der Waals surface area contributed by atoms with Gasteiger partial charge in [0.05, 0.1) is 34.1 Å². The topological polar surface area (TPSA) is 121 Å². The van der Waals surface area contributed by atoms with Gasteiger partial charge in [0.1, 0.15) is 5.69 Å². The van der Waals surface area contributed by atoms with E-state index in [2.05, 4.69) is 37.2 Å². The Labute approximate surface area is 170 Å². The lowest BCUT2D eigenvalue weighted by Crippen LogP contribution is -2.17. The number of hydrogen-bond donors (Lipinski definition) is 3. The fourth-order valence-corrected chi connectivity index (χ4v) is 4.05. The number of nitrogens with one attached hydrogen (secondary N) is 1. The van der Waals surface area contributed by atoms with Gasteiger partial charge in [-0.05, 0) is 46.3 Å². The molecule has 4 N–H and O–H groups in total. The number of aromatic nitrogens is 1. The lowest BCUT2D eigenvalue weighted by atomic mass is 10.1. The summed E-state index contributed by atoms with van der Waals surface area (Å²) in [5.74, 6) is -1.74. The van der Waals surface area contributed by atoms with E-state index in [0.717, 1.165) is 9.86 Å². The Hall–Kier alpha value is -2.83. The Kier molecular flexibility index (Phi) is 4.95. The maximum atomic E-state index is 12.8. The van der Waals surface area contributed by atoms with Gasteiger partial charge in [0.25, 0.3) is 5.91 Å². The van der Waals surface area contributed by atoms with Gasteiger partial charge in [0.2, 0.25) is 0 Å². The van der Waals surface area contributed by atoms with Crippen molar-refractivity contribution in [2.24, 2.45) is 7.05 Å². The van der Waals surface area contributed by atoms with Gasteiger partial charge in [-0.1, -0.05) is 15.9 Å². The molecule has 3 rings (SSSR count). The third-order valence-electron chi connectivity index (χ3n) is 4.12. The van der Waals surface area contributed by atoms with E-state index in [1.807, 2.05) is 6.07 Å². The van der Waals surface area contributed by atoms with Crippen molar-refractivity contribution in [3.8, 4) is 6.07 Å². The summed E-state index contributed by atoms with van der Waals surface area (Å²) in [6.07, 6.45) is 0. The number of hydrogen-bond acceptors (Lipinski definition) is 4. The maximum Gasteiger partial charge on any atom is 0.337 e. The highest BCUT2D eigenvalue weighted by atomic mass is 79.9. The van der Waals surface area contributed by atoms with Crippen LogP contribution in [0.4, 0.5) is 11.4 Å². The number of carboxylic acids is 1. The molecule has 0 aliphatic heterocycles. The second-order valence-corrected chi connectivity index (χ2v) is 7.44. The van der Waals surface area contributed by atoms with Crippen LogP contribution in [-0.2, 0) is 7.05 Å². The van der Waals surface area contributed by atoms with E-state index in [-0.39, 0.29) is 16.8 Å². The second kappa shape index (κ2) is 7.06. The van der Waals surface area contributed by atoms with Crippen molar-refractivity contribution < 1.29 is 14.7 Å². The molecular formula is C18H12Br2N4O3. The molecule has 1 heterocycles. The highest BCUT2D eigenvalue weighted by Crippen LogP contribution is 2.36. The van der Waals surface area contributed by atoms with Gasteiger partial charge >= 0.3 is 5.97 Å². The number of fused-ring (bicyclic) bond motifs is 1. The van der Waals surface area contributed by atoms with E-state index in [0.29, 0.717) is 21.4 Å². The van der Waals surface area contributed by atoms with E-state index < -0.39 is 11.9 Å². The summed E-state index contributed by atoms with van der Waals surface area (Å²) < 4.78 is 3.09. The molecule has 2 aromatic carbocycles. The molecule has 1 amide bonds. The van der Waals surface area contributed by atoms with Crippen molar-refractivity contribution in [1.29, 1.82) is 5.26 Å². The summed E-state index contributed by atoms with van der Waals surface area (Å²) >= 11 is 6.83. The summed E-state index contributed by atoms with van der Waals surface area (Å²) in [4.78, 5) is 24.2. The van der Waals surface area contributed by atoms with Gasteiger partial charge < -0.3 is 20.7 Å². The van der Waals surface area contributed by atoms with Crippen LogP contribution in [0.25, 0.3) is 10.9 Å². The first-order chi connectivity index (χ1) is 12.7. The minimum absolute atomic E-state index is 0.102. The van der Waals surface area contributed by atoms with Crippen molar-refractivity contribution in [2.75, 3.05) is 11.1 Å². The number of nitrogens with two attached hydrogens (primary N) is 1. The maximum absolute atomic E-state index is 12.8. The summed E-state index contributed by atoms with van der Waals surface area (Å²) in [6.45, 7) is 0. The first kappa shape index (κ1) is 18.9. The minimum Gasteiger partial charge on any atom is -0.478 e. The molecule has 136 valence electrons. The van der Waals surface area contributed by atoms with Crippen molar-refractivity contribution in [3.63, 3.8) is 0 Å². The molecule has 27 heavy (non-hydrogen) atoms. The normalized spacial score (nSPS) is 10.6. The zero-order chi connectivity index (χ0) is 19.9. The van der Waals surface area contributed by atoms with Crippen LogP contribution in [0.15, 0.2) is 39.3 Å². The van der Waals surface area contributed by atoms with Crippen molar-refractivity contribution in [1.82, 2.24) is 4.57 Å². The fraction of sp³-hybridized carbons (Fsp3) is 0.0556. The Balaban J connectivity index is 2.07. The number of aromatic carboxylic acids is 1.